The molecule has 0 amide bonds. The molecule has 2 aromatic rings. The van der Waals surface area contributed by atoms with E-state index in [0.29, 0.717) is 4.90 Å². The number of hydrogen-bond donors (Lipinski definition) is 0. The van der Waals surface area contributed by atoms with Crippen molar-refractivity contribution in [1.82, 2.24) is 4.31 Å². The van der Waals surface area contributed by atoms with Crippen LogP contribution in [0, 0.1) is 0 Å². The zero-order chi connectivity index (χ0) is 15.8. The summed E-state index contributed by atoms with van der Waals surface area (Å²) < 4.78 is 26.2. The van der Waals surface area contributed by atoms with Crippen molar-refractivity contribution in [1.29, 1.82) is 0 Å². The van der Waals surface area contributed by atoms with Gasteiger partial charge < -0.3 is 0 Å². The van der Waals surface area contributed by atoms with Gasteiger partial charge in [-0.25, -0.2) is 12.7 Å². The Morgan fingerprint density at radius 3 is 2.14 bits per heavy atom. The molecule has 0 saturated heterocycles. The van der Waals surface area contributed by atoms with Gasteiger partial charge in [0.15, 0.2) is 0 Å². The minimum Gasteiger partial charge on any atom is -0.207 e. The van der Waals surface area contributed by atoms with Gasteiger partial charge in [0.05, 0.1) is 4.90 Å². The number of nitrogens with zero attached hydrogens (tertiary/aromatic N) is 1. The van der Waals surface area contributed by atoms with Crippen LogP contribution in [0.15, 0.2) is 41.3 Å². The zero-order valence-corrected chi connectivity index (χ0v) is 14.7. The maximum atomic E-state index is 12.5. The summed E-state index contributed by atoms with van der Waals surface area (Å²) in [7, 11) is -0.329. The summed E-state index contributed by atoms with van der Waals surface area (Å²) in [5.41, 5.74) is 0.838. The number of sulfonamides is 1. The van der Waals surface area contributed by atoms with Gasteiger partial charge >= 0.3 is 0 Å². The first kappa shape index (κ1) is 16.2. The molecule has 0 fully saturated rings. The van der Waals surface area contributed by atoms with Gasteiger partial charge in [-0.1, -0.05) is 39.0 Å². The molecule has 0 spiro atoms. The lowest BCUT2D eigenvalue weighted by Crippen LogP contribution is -2.22. The highest BCUT2D eigenvalue weighted by atomic mass is 32.2. The van der Waals surface area contributed by atoms with Crippen molar-refractivity contribution in [2.45, 2.75) is 31.1 Å². The largest absolute Gasteiger partial charge is 0.243 e. The number of thiophene rings is 1. The van der Waals surface area contributed by atoms with E-state index in [-0.39, 0.29) is 5.41 Å². The van der Waals surface area contributed by atoms with Crippen LogP contribution in [-0.2, 0) is 15.4 Å². The topological polar surface area (TPSA) is 37.4 Å². The fraction of sp³-hybridized carbons (Fsp3) is 0.375. The van der Waals surface area contributed by atoms with Crippen LogP contribution < -0.4 is 0 Å². The predicted molar refractivity (Wildman–Crippen MR) is 89.3 cm³/mol. The summed E-state index contributed by atoms with van der Waals surface area (Å²) in [4.78, 5) is 2.59. The predicted octanol–water partition coefficient (Wildman–Crippen LogP) is 3.96. The van der Waals surface area contributed by atoms with E-state index in [2.05, 4.69) is 26.8 Å². The van der Waals surface area contributed by atoms with Crippen LogP contribution in [0.1, 0.15) is 25.6 Å². The van der Waals surface area contributed by atoms with Crippen molar-refractivity contribution in [2.75, 3.05) is 14.1 Å². The van der Waals surface area contributed by atoms with Gasteiger partial charge in [0.2, 0.25) is 10.0 Å². The van der Waals surface area contributed by atoms with Gasteiger partial charge in [0.25, 0.3) is 0 Å². The van der Waals surface area contributed by atoms with Gasteiger partial charge in [0.1, 0.15) is 0 Å². The first-order chi connectivity index (χ1) is 9.64. The van der Waals surface area contributed by atoms with Crippen molar-refractivity contribution in [3.8, 4) is 10.4 Å². The van der Waals surface area contributed by atoms with E-state index in [1.165, 1.54) is 9.18 Å². The van der Waals surface area contributed by atoms with Crippen LogP contribution in [0.3, 0.4) is 0 Å². The molecular formula is C16H21NO2S2. The normalized spacial score (nSPS) is 12.9. The molecule has 0 aliphatic carbocycles. The van der Waals surface area contributed by atoms with Crippen molar-refractivity contribution < 1.29 is 8.42 Å². The maximum Gasteiger partial charge on any atom is 0.243 e. The Kier molecular flexibility index (Phi) is 4.29. The van der Waals surface area contributed by atoms with Gasteiger partial charge in [-0.15, -0.1) is 11.3 Å². The van der Waals surface area contributed by atoms with Crippen molar-refractivity contribution in [3.63, 3.8) is 0 Å². The molecule has 2 rings (SSSR count). The average molecular weight is 323 g/mol. The summed E-state index contributed by atoms with van der Waals surface area (Å²) in [6.07, 6.45) is 0. The molecule has 21 heavy (non-hydrogen) atoms. The first-order valence-electron chi connectivity index (χ1n) is 6.76. The van der Waals surface area contributed by atoms with Crippen LogP contribution in [0.2, 0.25) is 0 Å². The van der Waals surface area contributed by atoms with Gasteiger partial charge in [0, 0.05) is 29.4 Å². The van der Waals surface area contributed by atoms with E-state index in [9.17, 15) is 8.42 Å². The lowest BCUT2D eigenvalue weighted by Gasteiger charge is -2.16. The molecule has 0 N–H and O–H groups in total. The van der Waals surface area contributed by atoms with E-state index in [1.807, 2.05) is 18.2 Å². The molecule has 1 aromatic heterocycles. The van der Waals surface area contributed by atoms with Crippen LogP contribution in [0.5, 0.6) is 0 Å². The summed E-state index contributed by atoms with van der Waals surface area (Å²) in [6, 6.07) is 11.3. The van der Waals surface area contributed by atoms with E-state index in [1.54, 1.807) is 37.6 Å². The highest BCUT2D eigenvalue weighted by Crippen LogP contribution is 2.37. The maximum absolute atomic E-state index is 12.5. The summed E-state index contributed by atoms with van der Waals surface area (Å²) >= 11 is 1.65. The Morgan fingerprint density at radius 1 is 1.00 bits per heavy atom. The fourth-order valence-electron chi connectivity index (χ4n) is 1.98. The molecule has 0 atom stereocenters. The minimum absolute atomic E-state index is 0.0677. The van der Waals surface area contributed by atoms with E-state index in [0.717, 1.165) is 10.4 Å². The lowest BCUT2D eigenvalue weighted by molar-refractivity contribution is 0.521. The SMILES string of the molecule is CN(C)S(=O)(=O)c1ccccc1-c1ccc(C(C)(C)C)s1. The van der Waals surface area contributed by atoms with Crippen molar-refractivity contribution >= 4 is 21.4 Å². The second-order valence-electron chi connectivity index (χ2n) is 6.20. The van der Waals surface area contributed by atoms with E-state index in [4.69, 9.17) is 0 Å². The van der Waals surface area contributed by atoms with Crippen molar-refractivity contribution in [2.24, 2.45) is 0 Å². The molecule has 1 heterocycles. The minimum atomic E-state index is -3.44. The van der Waals surface area contributed by atoms with E-state index >= 15 is 0 Å². The first-order valence-corrected chi connectivity index (χ1v) is 9.02. The summed E-state index contributed by atoms with van der Waals surface area (Å²) in [5, 5.41) is 0. The summed E-state index contributed by atoms with van der Waals surface area (Å²) in [6.45, 7) is 6.47. The average Bonchev–Trinajstić information content (AvgIpc) is 2.88. The van der Waals surface area contributed by atoms with Crippen LogP contribution in [0.25, 0.3) is 10.4 Å². The van der Waals surface area contributed by atoms with Gasteiger partial charge in [-0.05, 0) is 23.6 Å². The Bertz CT molecular complexity index is 738. The molecule has 5 heteroatoms. The third-order valence-corrected chi connectivity index (χ3v) is 6.67. The van der Waals surface area contributed by atoms with Crippen LogP contribution in [0.4, 0.5) is 0 Å². The number of benzene rings is 1. The fourth-order valence-corrected chi connectivity index (χ4v) is 4.25. The Hall–Kier alpha value is -1.17. The van der Waals surface area contributed by atoms with Crippen LogP contribution in [-0.4, -0.2) is 26.8 Å². The molecule has 1 aromatic carbocycles. The van der Waals surface area contributed by atoms with Crippen LogP contribution >= 0.6 is 11.3 Å². The molecule has 0 bridgehead atoms. The Labute approximate surface area is 131 Å². The molecule has 0 radical (unpaired) electrons. The Morgan fingerprint density at radius 2 is 1.62 bits per heavy atom. The molecule has 114 valence electrons. The molecule has 0 aliphatic heterocycles. The number of rotatable bonds is 3. The van der Waals surface area contributed by atoms with Gasteiger partial charge in [-0.2, -0.15) is 0 Å². The molecular weight excluding hydrogens is 302 g/mol. The van der Waals surface area contributed by atoms with E-state index < -0.39 is 10.0 Å². The highest BCUT2D eigenvalue weighted by Gasteiger charge is 2.23. The lowest BCUT2D eigenvalue weighted by atomic mass is 9.95. The van der Waals surface area contributed by atoms with Crippen molar-refractivity contribution in [3.05, 3.63) is 41.3 Å². The van der Waals surface area contributed by atoms with Gasteiger partial charge in [-0.3, -0.25) is 0 Å². The standard InChI is InChI=1S/C16H21NO2S2/c1-16(2,3)15-11-10-13(20-15)12-8-6-7-9-14(12)21(18,19)17(4)5/h6-11H,1-5H3. The quantitative estimate of drug-likeness (QED) is 0.857. The second kappa shape index (κ2) is 5.55. The monoisotopic (exact) mass is 323 g/mol. The third kappa shape index (κ3) is 3.20. The zero-order valence-electron chi connectivity index (χ0n) is 13.0. The second-order valence-corrected chi connectivity index (χ2v) is 9.40. The Balaban J connectivity index is 2.59. The molecule has 0 aliphatic rings. The highest BCUT2D eigenvalue weighted by molar-refractivity contribution is 7.89. The molecule has 3 nitrogen and oxygen atoms in total. The third-order valence-electron chi connectivity index (χ3n) is 3.26. The number of hydrogen-bond acceptors (Lipinski definition) is 3. The molecule has 0 unspecified atom stereocenters. The smallest absolute Gasteiger partial charge is 0.207 e. The molecule has 0 saturated carbocycles. The summed E-state index contributed by atoms with van der Waals surface area (Å²) in [5.74, 6) is 0.